The van der Waals surface area contributed by atoms with Crippen LogP contribution >= 0.6 is 27.5 Å². The van der Waals surface area contributed by atoms with Gasteiger partial charge in [-0.05, 0) is 36.8 Å². The van der Waals surface area contributed by atoms with E-state index in [0.717, 1.165) is 10.0 Å². The van der Waals surface area contributed by atoms with Gasteiger partial charge in [0.15, 0.2) is 0 Å². The van der Waals surface area contributed by atoms with Crippen molar-refractivity contribution < 1.29 is 4.92 Å². The Labute approximate surface area is 130 Å². The maximum absolute atomic E-state index is 10.9. The maximum atomic E-state index is 10.9. The summed E-state index contributed by atoms with van der Waals surface area (Å²) in [6, 6.07) is 10.6. The number of nitro groups is 1. The lowest BCUT2D eigenvalue weighted by molar-refractivity contribution is -0.385. The molecule has 0 spiro atoms. The van der Waals surface area contributed by atoms with Gasteiger partial charge in [-0.3, -0.25) is 10.1 Å². The van der Waals surface area contributed by atoms with Gasteiger partial charge in [-0.15, -0.1) is 0 Å². The van der Waals surface area contributed by atoms with Crippen LogP contribution in [0.5, 0.6) is 0 Å². The number of aryl methyl sites for hydroxylation is 1. The average Bonchev–Trinajstić information content (AvgIpc) is 2.41. The molecule has 0 atom stereocenters. The molecule has 0 aromatic heterocycles. The van der Waals surface area contributed by atoms with E-state index in [0.29, 0.717) is 22.8 Å². The van der Waals surface area contributed by atoms with Gasteiger partial charge in [0.2, 0.25) is 0 Å². The summed E-state index contributed by atoms with van der Waals surface area (Å²) < 4.78 is 0.941. The SMILES string of the molecule is Cc1ccc(NCc2cc(Cl)ccc2Br)cc1[N+](=O)[O-]. The molecule has 0 fully saturated rings. The normalized spacial score (nSPS) is 10.3. The number of benzene rings is 2. The monoisotopic (exact) mass is 354 g/mol. The molecule has 104 valence electrons. The quantitative estimate of drug-likeness (QED) is 0.625. The highest BCUT2D eigenvalue weighted by Crippen LogP contribution is 2.25. The molecule has 4 nitrogen and oxygen atoms in total. The highest BCUT2D eigenvalue weighted by atomic mass is 79.9. The Hall–Kier alpha value is -1.59. The Balaban J connectivity index is 2.17. The van der Waals surface area contributed by atoms with Gasteiger partial charge in [0.25, 0.3) is 5.69 Å². The topological polar surface area (TPSA) is 55.2 Å². The second-order valence-electron chi connectivity index (χ2n) is 4.35. The fourth-order valence-electron chi connectivity index (χ4n) is 1.79. The van der Waals surface area contributed by atoms with Crippen molar-refractivity contribution in [1.82, 2.24) is 0 Å². The number of halogens is 2. The van der Waals surface area contributed by atoms with Crippen molar-refractivity contribution in [1.29, 1.82) is 0 Å². The van der Waals surface area contributed by atoms with Gasteiger partial charge < -0.3 is 5.32 Å². The zero-order valence-electron chi connectivity index (χ0n) is 10.7. The van der Waals surface area contributed by atoms with Crippen LogP contribution in [0.4, 0.5) is 11.4 Å². The molecule has 0 amide bonds. The van der Waals surface area contributed by atoms with Crippen LogP contribution in [0.25, 0.3) is 0 Å². The molecule has 0 heterocycles. The van der Waals surface area contributed by atoms with E-state index in [4.69, 9.17) is 11.6 Å². The van der Waals surface area contributed by atoms with Crippen molar-refractivity contribution in [3.63, 3.8) is 0 Å². The molecule has 1 N–H and O–H groups in total. The lowest BCUT2D eigenvalue weighted by Gasteiger charge is -2.09. The first-order valence-electron chi connectivity index (χ1n) is 5.90. The third-order valence-electron chi connectivity index (χ3n) is 2.90. The van der Waals surface area contributed by atoms with Gasteiger partial charge in [0.05, 0.1) is 4.92 Å². The van der Waals surface area contributed by atoms with Crippen molar-refractivity contribution in [2.45, 2.75) is 13.5 Å². The number of hydrogen-bond donors (Lipinski definition) is 1. The number of anilines is 1. The summed E-state index contributed by atoms with van der Waals surface area (Å²) in [6.07, 6.45) is 0. The predicted octanol–water partition coefficient (Wildman–Crippen LogP) is 4.93. The van der Waals surface area contributed by atoms with Crippen LogP contribution in [0.1, 0.15) is 11.1 Å². The summed E-state index contributed by atoms with van der Waals surface area (Å²) in [6.45, 7) is 2.25. The Bertz CT molecular complexity index is 662. The summed E-state index contributed by atoms with van der Waals surface area (Å²) in [5.41, 5.74) is 2.44. The van der Waals surface area contributed by atoms with Crippen molar-refractivity contribution >= 4 is 38.9 Å². The first-order valence-corrected chi connectivity index (χ1v) is 7.07. The zero-order chi connectivity index (χ0) is 14.7. The van der Waals surface area contributed by atoms with Crippen LogP contribution < -0.4 is 5.32 Å². The van der Waals surface area contributed by atoms with Gasteiger partial charge in [-0.2, -0.15) is 0 Å². The molecule has 20 heavy (non-hydrogen) atoms. The summed E-state index contributed by atoms with van der Waals surface area (Å²) in [5, 5.41) is 14.7. The van der Waals surface area contributed by atoms with Gasteiger partial charge >= 0.3 is 0 Å². The molecule has 0 unspecified atom stereocenters. The van der Waals surface area contributed by atoms with Crippen molar-refractivity contribution in [3.8, 4) is 0 Å². The van der Waals surface area contributed by atoms with E-state index in [2.05, 4.69) is 21.2 Å². The Morgan fingerprint density at radius 1 is 1.30 bits per heavy atom. The minimum Gasteiger partial charge on any atom is -0.381 e. The standard InChI is InChI=1S/C14H12BrClN2O2/c1-9-2-4-12(7-14(9)18(19)20)17-8-10-6-11(16)3-5-13(10)15/h2-7,17H,8H2,1H3. The molecule has 2 rings (SSSR count). The lowest BCUT2D eigenvalue weighted by atomic mass is 10.1. The second kappa shape index (κ2) is 6.24. The van der Waals surface area contributed by atoms with Crippen LogP contribution in [0.3, 0.4) is 0 Å². The molecular weight excluding hydrogens is 344 g/mol. The van der Waals surface area contributed by atoms with Gasteiger partial charge in [-0.1, -0.05) is 33.6 Å². The van der Waals surface area contributed by atoms with E-state index in [1.54, 1.807) is 19.1 Å². The molecule has 6 heteroatoms. The van der Waals surface area contributed by atoms with Gasteiger partial charge in [0.1, 0.15) is 0 Å². The summed E-state index contributed by atoms with van der Waals surface area (Å²) >= 11 is 9.39. The maximum Gasteiger partial charge on any atom is 0.274 e. The van der Waals surface area contributed by atoms with Crippen molar-refractivity contribution in [2.24, 2.45) is 0 Å². The molecule has 2 aromatic rings. The smallest absolute Gasteiger partial charge is 0.274 e. The van der Waals surface area contributed by atoms with E-state index in [-0.39, 0.29) is 10.6 Å². The summed E-state index contributed by atoms with van der Waals surface area (Å²) in [4.78, 5) is 10.5. The summed E-state index contributed by atoms with van der Waals surface area (Å²) in [5.74, 6) is 0. The van der Waals surface area contributed by atoms with E-state index >= 15 is 0 Å². The van der Waals surface area contributed by atoms with E-state index < -0.39 is 0 Å². The molecule has 0 saturated heterocycles. The number of nitro benzene ring substituents is 1. The fourth-order valence-corrected chi connectivity index (χ4v) is 2.37. The summed E-state index contributed by atoms with van der Waals surface area (Å²) in [7, 11) is 0. The first kappa shape index (κ1) is 14.8. The molecule has 0 aliphatic carbocycles. The lowest BCUT2D eigenvalue weighted by Crippen LogP contribution is -2.01. The van der Waals surface area contributed by atoms with Crippen molar-refractivity contribution in [3.05, 3.63) is 67.1 Å². The number of hydrogen-bond acceptors (Lipinski definition) is 3. The Kier molecular flexibility index (Phi) is 4.62. The number of nitrogens with one attached hydrogen (secondary N) is 1. The van der Waals surface area contributed by atoms with Crippen LogP contribution in [-0.2, 0) is 6.54 Å². The minimum absolute atomic E-state index is 0.111. The highest BCUT2D eigenvalue weighted by Gasteiger charge is 2.11. The van der Waals surface area contributed by atoms with E-state index in [1.807, 2.05) is 18.2 Å². The number of rotatable bonds is 4. The van der Waals surface area contributed by atoms with Crippen LogP contribution in [0.2, 0.25) is 5.02 Å². The van der Waals surface area contributed by atoms with Crippen molar-refractivity contribution in [2.75, 3.05) is 5.32 Å². The second-order valence-corrected chi connectivity index (χ2v) is 5.64. The van der Waals surface area contributed by atoms with Crippen LogP contribution in [-0.4, -0.2) is 4.92 Å². The van der Waals surface area contributed by atoms with E-state index in [9.17, 15) is 10.1 Å². The van der Waals surface area contributed by atoms with Crippen LogP contribution in [0, 0.1) is 17.0 Å². The molecule has 0 aliphatic heterocycles. The molecule has 0 bridgehead atoms. The fraction of sp³-hybridized carbons (Fsp3) is 0.143. The number of nitrogens with zero attached hydrogens (tertiary/aromatic N) is 1. The van der Waals surface area contributed by atoms with E-state index in [1.165, 1.54) is 6.07 Å². The molecule has 2 aromatic carbocycles. The van der Waals surface area contributed by atoms with Gasteiger partial charge in [-0.25, -0.2) is 0 Å². The first-order chi connectivity index (χ1) is 9.47. The molecule has 0 radical (unpaired) electrons. The zero-order valence-corrected chi connectivity index (χ0v) is 13.0. The highest BCUT2D eigenvalue weighted by molar-refractivity contribution is 9.10. The third kappa shape index (κ3) is 3.49. The van der Waals surface area contributed by atoms with Gasteiger partial charge in [0, 0.05) is 33.4 Å². The average molecular weight is 356 g/mol. The molecular formula is C14H12BrClN2O2. The molecule has 0 aliphatic rings. The largest absolute Gasteiger partial charge is 0.381 e. The Morgan fingerprint density at radius 2 is 2.05 bits per heavy atom. The predicted molar refractivity (Wildman–Crippen MR) is 84.3 cm³/mol. The van der Waals surface area contributed by atoms with Crippen LogP contribution in [0.15, 0.2) is 40.9 Å². The molecule has 0 saturated carbocycles. The third-order valence-corrected chi connectivity index (χ3v) is 3.91. The Morgan fingerprint density at radius 3 is 2.75 bits per heavy atom. The minimum atomic E-state index is -0.379.